The van der Waals surface area contributed by atoms with Crippen LogP contribution in [0.25, 0.3) is 0 Å². The molecule has 1 aromatic rings. The van der Waals surface area contributed by atoms with Gasteiger partial charge >= 0.3 is 0 Å². The van der Waals surface area contributed by atoms with E-state index in [2.05, 4.69) is 13.8 Å². The zero-order valence-corrected chi connectivity index (χ0v) is 15.3. The van der Waals surface area contributed by atoms with Crippen LogP contribution in [0.1, 0.15) is 38.8 Å². The molecule has 4 aliphatic rings. The Hall–Kier alpha value is -1.46. The molecular weight excluding hydrogens is 320 g/mol. The Bertz CT molecular complexity index is 746. The summed E-state index contributed by atoms with van der Waals surface area (Å²) >= 11 is 0. The van der Waals surface area contributed by atoms with Gasteiger partial charge in [0, 0.05) is 42.9 Å². The van der Waals surface area contributed by atoms with E-state index in [9.17, 15) is 5.11 Å². The number of aromatic hydroxyl groups is 1. The molecule has 0 aliphatic carbocycles. The van der Waals surface area contributed by atoms with E-state index in [1.54, 1.807) is 6.07 Å². The Kier molecular flexibility index (Phi) is 3.05. The second kappa shape index (κ2) is 4.83. The number of rotatable bonds is 0. The lowest BCUT2D eigenvalue weighted by Gasteiger charge is -2.42. The van der Waals surface area contributed by atoms with Gasteiger partial charge in [-0.25, -0.2) is 0 Å². The van der Waals surface area contributed by atoms with Gasteiger partial charge in [-0.3, -0.25) is 0 Å². The van der Waals surface area contributed by atoms with Crippen molar-refractivity contribution in [3.8, 4) is 17.2 Å². The predicted molar refractivity (Wildman–Crippen MR) is 90.8 cm³/mol. The van der Waals surface area contributed by atoms with Gasteiger partial charge in [-0.2, -0.15) is 0 Å². The first-order valence-electron chi connectivity index (χ1n) is 9.34. The van der Waals surface area contributed by atoms with Crippen molar-refractivity contribution in [3.05, 3.63) is 17.2 Å². The molecular formula is C20H26O5. The fourth-order valence-electron chi connectivity index (χ4n) is 5.23. The van der Waals surface area contributed by atoms with Crippen molar-refractivity contribution in [1.29, 1.82) is 0 Å². The van der Waals surface area contributed by atoms with Crippen molar-refractivity contribution < 1.29 is 24.1 Å². The normalized spacial score (nSPS) is 44.2. The van der Waals surface area contributed by atoms with Crippen molar-refractivity contribution in [2.75, 3.05) is 13.2 Å². The summed E-state index contributed by atoms with van der Waals surface area (Å²) in [6.07, 6.45) is 1.62. The number of phenols is 1. The van der Waals surface area contributed by atoms with Crippen LogP contribution in [0.3, 0.4) is 0 Å². The molecule has 5 heteroatoms. The zero-order valence-electron chi connectivity index (χ0n) is 15.3. The van der Waals surface area contributed by atoms with Crippen molar-refractivity contribution in [2.24, 2.45) is 23.7 Å². The second-order valence-electron chi connectivity index (χ2n) is 8.61. The third-order valence-electron chi connectivity index (χ3n) is 6.87. The summed E-state index contributed by atoms with van der Waals surface area (Å²) in [5, 5.41) is 10.6. The standard InChI is InChI=1S/C20H26O5/c1-10-9-23-20(4)14(10)5-12-16(21)7-17-13(18(12)25-20)6-15-11(2)8-22-19(15,3)24-17/h7,10-11,14-15,21H,5-6,8-9H2,1-4H3/t10-,11-,14?,15?,19+,20+/m0/s1. The highest BCUT2D eigenvalue weighted by Crippen LogP contribution is 2.55. The number of phenolic OH excluding ortho intramolecular Hbond substituents is 1. The predicted octanol–water partition coefficient (Wildman–Crippen LogP) is 3.26. The molecule has 2 saturated heterocycles. The molecule has 0 spiro atoms. The maximum Gasteiger partial charge on any atom is 0.211 e. The molecule has 0 amide bonds. The van der Waals surface area contributed by atoms with E-state index >= 15 is 0 Å². The highest BCUT2D eigenvalue weighted by atomic mass is 16.7. The van der Waals surface area contributed by atoms with Gasteiger partial charge in [0.05, 0.1) is 13.2 Å². The molecule has 0 radical (unpaired) electrons. The number of ether oxygens (including phenoxy) is 4. The highest BCUT2D eigenvalue weighted by Gasteiger charge is 2.54. The fourth-order valence-corrected chi connectivity index (χ4v) is 5.23. The van der Waals surface area contributed by atoms with Crippen LogP contribution in [0.15, 0.2) is 6.07 Å². The van der Waals surface area contributed by atoms with Gasteiger partial charge in [-0.05, 0) is 24.7 Å². The van der Waals surface area contributed by atoms with E-state index in [4.69, 9.17) is 18.9 Å². The van der Waals surface area contributed by atoms with Gasteiger partial charge in [0.25, 0.3) is 0 Å². The van der Waals surface area contributed by atoms with Gasteiger partial charge in [0.1, 0.15) is 17.2 Å². The minimum Gasteiger partial charge on any atom is -0.507 e. The van der Waals surface area contributed by atoms with Crippen LogP contribution in [0.2, 0.25) is 0 Å². The Labute approximate surface area is 148 Å². The van der Waals surface area contributed by atoms with Gasteiger partial charge in [0.2, 0.25) is 11.6 Å². The van der Waals surface area contributed by atoms with Crippen LogP contribution >= 0.6 is 0 Å². The van der Waals surface area contributed by atoms with Gasteiger partial charge < -0.3 is 24.1 Å². The topological polar surface area (TPSA) is 57.2 Å². The summed E-state index contributed by atoms with van der Waals surface area (Å²) in [4.78, 5) is 0. The first-order chi connectivity index (χ1) is 11.8. The van der Waals surface area contributed by atoms with E-state index in [1.165, 1.54) is 0 Å². The minimum absolute atomic E-state index is 0.253. The molecule has 1 N–H and O–H groups in total. The number of benzene rings is 1. The summed E-state index contributed by atoms with van der Waals surface area (Å²) in [5.74, 6) is 1.84. The average Bonchev–Trinajstić information content (AvgIpc) is 3.01. The van der Waals surface area contributed by atoms with Crippen LogP contribution in [0, 0.1) is 23.7 Å². The molecule has 0 saturated carbocycles. The Morgan fingerprint density at radius 3 is 2.12 bits per heavy atom. The van der Waals surface area contributed by atoms with E-state index in [0.717, 1.165) is 29.7 Å². The summed E-state index contributed by atoms with van der Waals surface area (Å²) in [5.41, 5.74) is 1.95. The Morgan fingerprint density at radius 2 is 1.48 bits per heavy atom. The van der Waals surface area contributed by atoms with Crippen LogP contribution in [-0.2, 0) is 22.3 Å². The minimum atomic E-state index is -0.619. The molecule has 4 heterocycles. The van der Waals surface area contributed by atoms with Gasteiger partial charge in [-0.1, -0.05) is 13.8 Å². The van der Waals surface area contributed by atoms with Gasteiger partial charge in [-0.15, -0.1) is 0 Å². The average molecular weight is 346 g/mol. The number of fused-ring (bicyclic) bond motifs is 5. The van der Waals surface area contributed by atoms with E-state index in [-0.39, 0.29) is 17.6 Å². The number of hydrogen-bond acceptors (Lipinski definition) is 5. The third-order valence-corrected chi connectivity index (χ3v) is 6.87. The largest absolute Gasteiger partial charge is 0.507 e. The van der Waals surface area contributed by atoms with Crippen molar-refractivity contribution in [1.82, 2.24) is 0 Å². The smallest absolute Gasteiger partial charge is 0.211 e. The third kappa shape index (κ3) is 2.02. The Balaban J connectivity index is 1.62. The van der Waals surface area contributed by atoms with Crippen LogP contribution in [-0.4, -0.2) is 29.9 Å². The van der Waals surface area contributed by atoms with Crippen LogP contribution in [0.4, 0.5) is 0 Å². The molecule has 2 unspecified atom stereocenters. The SMILES string of the molecule is C[C@H]1CO[C@]2(C)Oc3cc(O)c4c(c3CC12)O[C@@]1(C)OC[C@H](C)C1C4. The number of hydrogen-bond donors (Lipinski definition) is 1. The van der Waals surface area contributed by atoms with Crippen LogP contribution < -0.4 is 9.47 Å². The maximum atomic E-state index is 10.6. The summed E-state index contributed by atoms with van der Waals surface area (Å²) in [7, 11) is 0. The highest BCUT2D eigenvalue weighted by molar-refractivity contribution is 5.59. The maximum absolute atomic E-state index is 10.6. The molecule has 5 rings (SSSR count). The molecule has 136 valence electrons. The molecule has 2 fully saturated rings. The molecule has 6 atom stereocenters. The van der Waals surface area contributed by atoms with Crippen molar-refractivity contribution in [3.63, 3.8) is 0 Å². The monoisotopic (exact) mass is 346 g/mol. The summed E-state index contributed by atoms with van der Waals surface area (Å²) in [6.45, 7) is 9.81. The van der Waals surface area contributed by atoms with E-state index in [1.807, 2.05) is 13.8 Å². The Morgan fingerprint density at radius 1 is 0.920 bits per heavy atom. The van der Waals surface area contributed by atoms with E-state index in [0.29, 0.717) is 30.8 Å². The van der Waals surface area contributed by atoms with Crippen molar-refractivity contribution in [2.45, 2.75) is 52.1 Å². The lowest BCUT2D eigenvalue weighted by molar-refractivity contribution is -0.174. The molecule has 0 bridgehead atoms. The second-order valence-corrected chi connectivity index (χ2v) is 8.61. The summed E-state index contributed by atoms with van der Waals surface area (Å²) < 4.78 is 24.6. The molecule has 25 heavy (non-hydrogen) atoms. The lowest BCUT2D eigenvalue weighted by atomic mass is 9.78. The quantitative estimate of drug-likeness (QED) is 0.781. The van der Waals surface area contributed by atoms with E-state index < -0.39 is 11.6 Å². The zero-order chi connectivity index (χ0) is 17.6. The summed E-state index contributed by atoms with van der Waals surface area (Å²) in [6, 6.07) is 1.74. The lowest BCUT2D eigenvalue weighted by Crippen LogP contribution is -2.46. The molecule has 0 aromatic heterocycles. The van der Waals surface area contributed by atoms with Gasteiger partial charge in [0.15, 0.2) is 0 Å². The molecule has 5 nitrogen and oxygen atoms in total. The first kappa shape index (κ1) is 15.8. The first-order valence-corrected chi connectivity index (χ1v) is 9.34. The fraction of sp³-hybridized carbons (Fsp3) is 0.700. The molecule has 4 aliphatic heterocycles. The molecule has 1 aromatic carbocycles. The van der Waals surface area contributed by atoms with Crippen molar-refractivity contribution >= 4 is 0 Å². The van der Waals surface area contributed by atoms with Crippen LogP contribution in [0.5, 0.6) is 17.2 Å².